The zero-order valence-electron chi connectivity index (χ0n) is 15.8. The van der Waals surface area contributed by atoms with E-state index in [1.807, 2.05) is 31.7 Å². The number of carbonyl (C=O) groups excluding carboxylic acids is 1. The van der Waals surface area contributed by atoms with Gasteiger partial charge in [0.05, 0.1) is 6.54 Å². The van der Waals surface area contributed by atoms with Crippen LogP contribution in [0.5, 0.6) is 0 Å². The number of likely N-dealkylation sites (tertiary alicyclic amines) is 1. The fourth-order valence-corrected chi connectivity index (χ4v) is 3.53. The predicted octanol–water partition coefficient (Wildman–Crippen LogP) is 1.88. The average molecular weight is 362 g/mol. The third-order valence-electron chi connectivity index (χ3n) is 4.95. The second kappa shape index (κ2) is 7.57. The number of likely N-dealkylation sites (N-methyl/N-ethyl adjacent to an activating group) is 1. The van der Waals surface area contributed by atoms with Crippen molar-refractivity contribution in [2.75, 3.05) is 20.1 Å². The van der Waals surface area contributed by atoms with Crippen molar-refractivity contribution >= 4 is 5.91 Å². The minimum Gasteiger partial charge on any atom is -0.339 e. The van der Waals surface area contributed by atoms with Gasteiger partial charge in [-0.05, 0) is 26.3 Å². The summed E-state index contributed by atoms with van der Waals surface area (Å²) in [4.78, 5) is 20.9. The van der Waals surface area contributed by atoms with Gasteiger partial charge in [0.25, 0.3) is 5.91 Å². The molecule has 1 aliphatic heterocycles. The normalized spacial score (nSPS) is 20.8. The quantitative estimate of drug-likeness (QED) is 0.787. The molecule has 8 heteroatoms. The molecule has 3 heterocycles. The Morgan fingerprint density at radius 1 is 1.42 bits per heavy atom. The Labute approximate surface area is 153 Å². The number of halogens is 1. The van der Waals surface area contributed by atoms with Crippen molar-refractivity contribution in [1.82, 2.24) is 29.1 Å². The Hall–Kier alpha value is -2.22. The van der Waals surface area contributed by atoms with Crippen LogP contribution in [0.3, 0.4) is 0 Å². The van der Waals surface area contributed by atoms with E-state index >= 15 is 0 Å². The third-order valence-corrected chi connectivity index (χ3v) is 4.95. The lowest BCUT2D eigenvalue weighted by atomic mass is 10.2. The summed E-state index contributed by atoms with van der Waals surface area (Å²) in [5.41, 5.74) is 0.563. The Bertz CT molecular complexity index is 754. The van der Waals surface area contributed by atoms with Gasteiger partial charge in [0.1, 0.15) is 17.7 Å². The van der Waals surface area contributed by atoms with Crippen LogP contribution in [0.4, 0.5) is 4.39 Å². The highest BCUT2D eigenvalue weighted by Crippen LogP contribution is 2.23. The molecule has 2 atom stereocenters. The molecule has 1 fully saturated rings. The molecule has 7 nitrogen and oxygen atoms in total. The molecule has 142 valence electrons. The second-order valence-electron chi connectivity index (χ2n) is 7.31. The SMILES string of the molecule is CC(C)n1nccc1C(=O)N(C)C[C@@H]1C[C@H](F)CN1Cc1nccn1C. The molecular weight excluding hydrogens is 335 g/mol. The molecule has 0 saturated carbocycles. The summed E-state index contributed by atoms with van der Waals surface area (Å²) in [5.74, 6) is 0.811. The summed E-state index contributed by atoms with van der Waals surface area (Å²) in [6.45, 7) is 5.42. The Morgan fingerprint density at radius 2 is 2.19 bits per heavy atom. The molecule has 26 heavy (non-hydrogen) atoms. The highest BCUT2D eigenvalue weighted by Gasteiger charge is 2.34. The van der Waals surface area contributed by atoms with Gasteiger partial charge in [0, 0.05) is 57.9 Å². The molecule has 0 aromatic carbocycles. The minimum atomic E-state index is -0.870. The summed E-state index contributed by atoms with van der Waals surface area (Å²) >= 11 is 0. The monoisotopic (exact) mass is 362 g/mol. The largest absolute Gasteiger partial charge is 0.339 e. The number of carbonyl (C=O) groups is 1. The Morgan fingerprint density at radius 3 is 2.85 bits per heavy atom. The topological polar surface area (TPSA) is 59.2 Å². The zero-order chi connectivity index (χ0) is 18.8. The van der Waals surface area contributed by atoms with Crippen LogP contribution in [0, 0.1) is 0 Å². The zero-order valence-corrected chi connectivity index (χ0v) is 15.8. The maximum Gasteiger partial charge on any atom is 0.271 e. The molecule has 3 rings (SSSR count). The maximum absolute atomic E-state index is 14.1. The van der Waals surface area contributed by atoms with Gasteiger partial charge in [-0.15, -0.1) is 0 Å². The molecule has 1 amide bonds. The fraction of sp³-hybridized carbons (Fsp3) is 0.611. The maximum atomic E-state index is 14.1. The van der Waals surface area contributed by atoms with Crippen molar-refractivity contribution in [3.05, 3.63) is 36.2 Å². The van der Waals surface area contributed by atoms with Crippen molar-refractivity contribution in [3.8, 4) is 0 Å². The van der Waals surface area contributed by atoms with Gasteiger partial charge >= 0.3 is 0 Å². The molecule has 0 radical (unpaired) electrons. The molecule has 0 unspecified atom stereocenters. The first-order valence-corrected chi connectivity index (χ1v) is 9.00. The smallest absolute Gasteiger partial charge is 0.271 e. The highest BCUT2D eigenvalue weighted by molar-refractivity contribution is 5.92. The van der Waals surface area contributed by atoms with Gasteiger partial charge < -0.3 is 9.47 Å². The van der Waals surface area contributed by atoms with E-state index in [9.17, 15) is 9.18 Å². The van der Waals surface area contributed by atoms with Crippen molar-refractivity contribution in [2.45, 2.75) is 45.1 Å². The van der Waals surface area contributed by atoms with Crippen LogP contribution in [0.25, 0.3) is 0 Å². The van der Waals surface area contributed by atoms with Gasteiger partial charge in [-0.1, -0.05) is 0 Å². The average Bonchev–Trinajstić information content (AvgIpc) is 3.29. The molecule has 0 spiro atoms. The first kappa shape index (κ1) is 18.6. The van der Waals surface area contributed by atoms with Crippen molar-refractivity contribution in [2.24, 2.45) is 7.05 Å². The first-order chi connectivity index (χ1) is 12.4. The lowest BCUT2D eigenvalue weighted by Crippen LogP contribution is -2.41. The molecular formula is C18H27FN6O. The molecule has 0 N–H and O–H groups in total. The summed E-state index contributed by atoms with van der Waals surface area (Å²) < 4.78 is 17.7. The number of hydrogen-bond acceptors (Lipinski definition) is 4. The molecule has 0 bridgehead atoms. The number of aromatic nitrogens is 4. The molecule has 1 saturated heterocycles. The standard InChI is InChI=1S/C18H27FN6O/c1-13(2)25-16(5-6-21-25)18(26)23(4)11-15-9-14(19)10-24(15)12-17-20-7-8-22(17)3/h5-8,13-15H,9-12H2,1-4H3/t14-,15-/m0/s1. The third kappa shape index (κ3) is 3.80. The van der Waals surface area contributed by atoms with E-state index in [4.69, 9.17) is 0 Å². The first-order valence-electron chi connectivity index (χ1n) is 9.00. The number of imidazole rings is 1. The van der Waals surface area contributed by atoms with Gasteiger partial charge in [-0.3, -0.25) is 14.4 Å². The molecule has 1 aliphatic rings. The van der Waals surface area contributed by atoms with Crippen LogP contribution in [0.15, 0.2) is 24.7 Å². The van der Waals surface area contributed by atoms with Crippen LogP contribution in [0.1, 0.15) is 42.6 Å². The van der Waals surface area contributed by atoms with Crippen molar-refractivity contribution in [1.29, 1.82) is 0 Å². The van der Waals surface area contributed by atoms with Crippen LogP contribution >= 0.6 is 0 Å². The Balaban J connectivity index is 1.68. The molecule has 2 aromatic heterocycles. The van der Waals surface area contributed by atoms with Crippen molar-refractivity contribution < 1.29 is 9.18 Å². The number of alkyl halides is 1. The summed E-state index contributed by atoms with van der Waals surface area (Å²) in [6, 6.07) is 1.82. The van der Waals surface area contributed by atoms with E-state index in [2.05, 4.69) is 15.0 Å². The number of rotatable bonds is 6. The van der Waals surface area contributed by atoms with E-state index in [0.717, 1.165) is 5.82 Å². The van der Waals surface area contributed by atoms with Crippen LogP contribution in [-0.2, 0) is 13.6 Å². The van der Waals surface area contributed by atoms with E-state index in [-0.39, 0.29) is 18.0 Å². The fourth-order valence-electron chi connectivity index (χ4n) is 3.53. The van der Waals surface area contributed by atoms with Crippen LogP contribution in [0.2, 0.25) is 0 Å². The summed E-state index contributed by atoms with van der Waals surface area (Å²) in [5, 5.41) is 4.23. The van der Waals surface area contributed by atoms with E-state index in [0.29, 0.717) is 31.7 Å². The number of hydrogen-bond donors (Lipinski definition) is 0. The van der Waals surface area contributed by atoms with Crippen molar-refractivity contribution in [3.63, 3.8) is 0 Å². The van der Waals surface area contributed by atoms with Crippen LogP contribution in [-0.4, -0.2) is 67.4 Å². The van der Waals surface area contributed by atoms with Crippen LogP contribution < -0.4 is 0 Å². The van der Waals surface area contributed by atoms with E-state index in [1.54, 1.807) is 35.1 Å². The minimum absolute atomic E-state index is 0.0222. The van der Waals surface area contributed by atoms with E-state index in [1.165, 1.54) is 0 Å². The van der Waals surface area contributed by atoms with Gasteiger partial charge in [0.15, 0.2) is 0 Å². The summed E-state index contributed by atoms with van der Waals surface area (Å²) in [6.07, 6.45) is 4.84. The Kier molecular flexibility index (Phi) is 5.41. The highest BCUT2D eigenvalue weighted by atomic mass is 19.1. The van der Waals surface area contributed by atoms with Gasteiger partial charge in [-0.25, -0.2) is 9.37 Å². The van der Waals surface area contributed by atoms with E-state index < -0.39 is 6.17 Å². The number of amides is 1. The van der Waals surface area contributed by atoms with Gasteiger partial charge in [0.2, 0.25) is 0 Å². The van der Waals surface area contributed by atoms with Gasteiger partial charge in [-0.2, -0.15) is 5.10 Å². The lowest BCUT2D eigenvalue weighted by Gasteiger charge is -2.28. The summed E-state index contributed by atoms with van der Waals surface area (Å²) in [7, 11) is 3.70. The molecule has 2 aromatic rings. The molecule has 0 aliphatic carbocycles. The second-order valence-corrected chi connectivity index (χ2v) is 7.31. The number of aryl methyl sites for hydroxylation is 1. The lowest BCUT2D eigenvalue weighted by molar-refractivity contribution is 0.0734. The number of nitrogens with zero attached hydrogens (tertiary/aromatic N) is 6. The predicted molar refractivity (Wildman–Crippen MR) is 96.5 cm³/mol.